The summed E-state index contributed by atoms with van der Waals surface area (Å²) in [6.45, 7) is 0. The summed E-state index contributed by atoms with van der Waals surface area (Å²) in [6.07, 6.45) is 0.705. The number of nitrogens with zero attached hydrogens (tertiary/aromatic N) is 3. The van der Waals surface area contributed by atoms with Crippen LogP contribution in [-0.2, 0) is 6.42 Å². The van der Waals surface area contributed by atoms with Crippen LogP contribution in [0.15, 0.2) is 53.9 Å². The zero-order valence-corrected chi connectivity index (χ0v) is 14.0. The Morgan fingerprint density at radius 3 is 2.54 bits per heavy atom. The molecule has 24 heavy (non-hydrogen) atoms. The predicted molar refractivity (Wildman–Crippen MR) is 96.6 cm³/mol. The topological polar surface area (TPSA) is 68.9 Å². The number of hydrogen-bond acceptors (Lipinski definition) is 6. The first-order chi connectivity index (χ1) is 11.7. The molecule has 118 valence electrons. The normalized spacial score (nSPS) is 11.0. The lowest BCUT2D eigenvalue weighted by Crippen LogP contribution is -1.88. The number of nitro benzene ring substituents is 1. The van der Waals surface area contributed by atoms with Gasteiger partial charge in [0.05, 0.1) is 27.3 Å². The Hall–Kier alpha value is -2.64. The minimum absolute atomic E-state index is 0.0867. The van der Waals surface area contributed by atoms with Gasteiger partial charge in [0.25, 0.3) is 5.69 Å². The van der Waals surface area contributed by atoms with Crippen LogP contribution in [0.25, 0.3) is 21.5 Å². The van der Waals surface area contributed by atoms with Gasteiger partial charge in [-0.25, -0.2) is 9.97 Å². The maximum Gasteiger partial charge on any atom is 0.269 e. The fourth-order valence-electron chi connectivity index (χ4n) is 2.40. The molecule has 0 fully saturated rings. The quantitative estimate of drug-likeness (QED) is 0.386. The van der Waals surface area contributed by atoms with E-state index in [4.69, 9.17) is 0 Å². The van der Waals surface area contributed by atoms with Crippen molar-refractivity contribution in [3.05, 3.63) is 74.0 Å². The fourth-order valence-corrected chi connectivity index (χ4v) is 4.27. The molecule has 0 aliphatic rings. The molecule has 5 nitrogen and oxygen atoms in total. The van der Waals surface area contributed by atoms with Crippen LogP contribution in [0.5, 0.6) is 0 Å². The molecule has 7 heteroatoms. The second-order valence-corrected chi connectivity index (χ2v) is 7.24. The minimum atomic E-state index is -0.399. The van der Waals surface area contributed by atoms with Crippen molar-refractivity contribution in [2.75, 3.05) is 0 Å². The molecular weight excluding hydrogens is 342 g/mol. The molecule has 0 amide bonds. The first kappa shape index (κ1) is 14.9. The van der Waals surface area contributed by atoms with Gasteiger partial charge >= 0.3 is 0 Å². The zero-order chi connectivity index (χ0) is 16.5. The Bertz CT molecular complexity index is 989. The van der Waals surface area contributed by atoms with E-state index in [1.54, 1.807) is 34.8 Å². The molecule has 2 heterocycles. The van der Waals surface area contributed by atoms with Crippen LogP contribution < -0.4 is 0 Å². The van der Waals surface area contributed by atoms with Crippen molar-refractivity contribution in [2.45, 2.75) is 6.42 Å². The average molecular weight is 353 g/mol. The summed E-state index contributed by atoms with van der Waals surface area (Å²) in [5.74, 6) is 0. The average Bonchev–Trinajstić information content (AvgIpc) is 3.21. The molecule has 0 N–H and O–H groups in total. The highest BCUT2D eigenvalue weighted by molar-refractivity contribution is 7.18. The van der Waals surface area contributed by atoms with E-state index in [0.717, 1.165) is 26.8 Å². The highest BCUT2D eigenvalue weighted by Gasteiger charge is 2.10. The van der Waals surface area contributed by atoms with Crippen LogP contribution in [-0.4, -0.2) is 14.9 Å². The molecule has 0 unspecified atom stereocenters. The SMILES string of the molecule is O=[N+]([O-])c1ccc(-c2csc(Cc3nc4ccccc4s3)n2)cc1. The molecular formula is C17H11N3O2S2. The van der Waals surface area contributed by atoms with Gasteiger partial charge in [-0.05, 0) is 24.3 Å². The number of fused-ring (bicyclic) bond motifs is 1. The summed E-state index contributed by atoms with van der Waals surface area (Å²) in [6, 6.07) is 14.6. The van der Waals surface area contributed by atoms with E-state index in [1.165, 1.54) is 16.8 Å². The van der Waals surface area contributed by atoms with Gasteiger partial charge in [0.1, 0.15) is 10.0 Å². The Kier molecular flexibility index (Phi) is 3.79. The largest absolute Gasteiger partial charge is 0.269 e. The standard InChI is InChI=1S/C17H11N3O2S2/c21-20(22)12-7-5-11(6-8-12)14-10-23-16(19-14)9-17-18-13-3-1-2-4-15(13)24-17/h1-8,10H,9H2. The van der Waals surface area contributed by atoms with Gasteiger partial charge in [-0.15, -0.1) is 22.7 Å². The van der Waals surface area contributed by atoms with Crippen LogP contribution in [0, 0.1) is 10.1 Å². The summed E-state index contributed by atoms with van der Waals surface area (Å²) in [5.41, 5.74) is 2.83. The van der Waals surface area contributed by atoms with E-state index in [9.17, 15) is 10.1 Å². The van der Waals surface area contributed by atoms with Crippen molar-refractivity contribution in [3.63, 3.8) is 0 Å². The highest BCUT2D eigenvalue weighted by Crippen LogP contribution is 2.28. The van der Waals surface area contributed by atoms with Crippen molar-refractivity contribution >= 4 is 38.6 Å². The number of thiazole rings is 2. The summed E-state index contributed by atoms with van der Waals surface area (Å²) in [7, 11) is 0. The number of nitro groups is 1. The number of rotatable bonds is 4. The van der Waals surface area contributed by atoms with Gasteiger partial charge in [-0.3, -0.25) is 10.1 Å². The molecule has 0 atom stereocenters. The third-order valence-electron chi connectivity index (χ3n) is 3.57. The van der Waals surface area contributed by atoms with Crippen molar-refractivity contribution in [1.29, 1.82) is 0 Å². The van der Waals surface area contributed by atoms with Crippen molar-refractivity contribution in [2.24, 2.45) is 0 Å². The molecule has 0 saturated carbocycles. The number of aromatic nitrogens is 2. The molecule has 4 rings (SSSR count). The number of non-ortho nitro benzene ring substituents is 1. The Morgan fingerprint density at radius 1 is 1.00 bits per heavy atom. The van der Waals surface area contributed by atoms with Crippen LogP contribution in [0.4, 0.5) is 5.69 Å². The predicted octanol–water partition coefficient (Wildman–Crippen LogP) is 4.92. The first-order valence-electron chi connectivity index (χ1n) is 7.23. The fraction of sp³-hybridized carbons (Fsp3) is 0.0588. The second kappa shape index (κ2) is 6.10. The molecule has 4 aromatic rings. The maximum atomic E-state index is 10.7. The van der Waals surface area contributed by atoms with Gasteiger partial charge in [0, 0.05) is 23.1 Å². The van der Waals surface area contributed by atoms with E-state index in [2.05, 4.69) is 16.0 Å². The lowest BCUT2D eigenvalue weighted by atomic mass is 10.1. The van der Waals surface area contributed by atoms with Gasteiger partial charge in [0.2, 0.25) is 0 Å². The van der Waals surface area contributed by atoms with Gasteiger partial charge in [0.15, 0.2) is 0 Å². The van der Waals surface area contributed by atoms with E-state index >= 15 is 0 Å². The van der Waals surface area contributed by atoms with Crippen molar-refractivity contribution in [3.8, 4) is 11.3 Å². The monoisotopic (exact) mass is 353 g/mol. The van der Waals surface area contributed by atoms with E-state index in [1.807, 2.05) is 23.6 Å². The van der Waals surface area contributed by atoms with Crippen LogP contribution in [0.1, 0.15) is 10.0 Å². The van der Waals surface area contributed by atoms with Crippen LogP contribution in [0.2, 0.25) is 0 Å². The Labute approximate surface area is 145 Å². The van der Waals surface area contributed by atoms with E-state index in [-0.39, 0.29) is 5.69 Å². The molecule has 0 saturated heterocycles. The smallest absolute Gasteiger partial charge is 0.258 e. The lowest BCUT2D eigenvalue weighted by molar-refractivity contribution is -0.384. The second-order valence-electron chi connectivity index (χ2n) is 5.18. The summed E-state index contributed by atoms with van der Waals surface area (Å²) < 4.78 is 1.18. The van der Waals surface area contributed by atoms with Gasteiger partial charge < -0.3 is 0 Å². The molecule has 0 radical (unpaired) electrons. The minimum Gasteiger partial charge on any atom is -0.258 e. The molecule has 0 spiro atoms. The lowest BCUT2D eigenvalue weighted by Gasteiger charge is -1.96. The maximum absolute atomic E-state index is 10.7. The van der Waals surface area contributed by atoms with Crippen LogP contribution in [0.3, 0.4) is 0 Å². The number of benzene rings is 2. The van der Waals surface area contributed by atoms with Gasteiger partial charge in [-0.1, -0.05) is 12.1 Å². The van der Waals surface area contributed by atoms with E-state index < -0.39 is 4.92 Å². The third kappa shape index (κ3) is 2.91. The molecule has 2 aromatic carbocycles. The first-order valence-corrected chi connectivity index (χ1v) is 8.92. The van der Waals surface area contributed by atoms with Crippen LogP contribution >= 0.6 is 22.7 Å². The number of para-hydroxylation sites is 1. The molecule has 0 aliphatic carbocycles. The van der Waals surface area contributed by atoms with E-state index in [0.29, 0.717) is 6.42 Å². The Balaban J connectivity index is 1.56. The summed E-state index contributed by atoms with van der Waals surface area (Å²) in [5, 5.41) is 14.7. The molecule has 2 aromatic heterocycles. The zero-order valence-electron chi connectivity index (χ0n) is 12.4. The summed E-state index contributed by atoms with van der Waals surface area (Å²) >= 11 is 3.26. The number of hydrogen-bond donors (Lipinski definition) is 0. The highest BCUT2D eigenvalue weighted by atomic mass is 32.1. The Morgan fingerprint density at radius 2 is 1.79 bits per heavy atom. The molecule has 0 bridgehead atoms. The van der Waals surface area contributed by atoms with Crippen molar-refractivity contribution < 1.29 is 4.92 Å². The van der Waals surface area contributed by atoms with Crippen molar-refractivity contribution in [1.82, 2.24) is 9.97 Å². The molecule has 0 aliphatic heterocycles. The van der Waals surface area contributed by atoms with Gasteiger partial charge in [-0.2, -0.15) is 0 Å². The summed E-state index contributed by atoms with van der Waals surface area (Å²) in [4.78, 5) is 19.6. The third-order valence-corrected chi connectivity index (χ3v) is 5.45.